The van der Waals surface area contributed by atoms with Crippen molar-refractivity contribution < 1.29 is 23.5 Å². The molecule has 5 nitrogen and oxygen atoms in total. The van der Waals surface area contributed by atoms with Crippen molar-refractivity contribution in [1.82, 2.24) is 4.90 Å². The second kappa shape index (κ2) is 10.1. The van der Waals surface area contributed by atoms with Gasteiger partial charge in [-0.25, -0.2) is 4.39 Å². The van der Waals surface area contributed by atoms with Crippen molar-refractivity contribution in [2.45, 2.75) is 26.4 Å². The Labute approximate surface area is 187 Å². The van der Waals surface area contributed by atoms with Crippen LogP contribution in [0.2, 0.25) is 0 Å². The summed E-state index contributed by atoms with van der Waals surface area (Å²) in [7, 11) is 1.52. The molecule has 0 bridgehead atoms. The molecule has 2 aromatic rings. The van der Waals surface area contributed by atoms with Crippen LogP contribution in [0.25, 0.3) is 6.08 Å². The molecule has 3 rings (SSSR count). The van der Waals surface area contributed by atoms with Gasteiger partial charge in [-0.05, 0) is 75.6 Å². The summed E-state index contributed by atoms with van der Waals surface area (Å²) in [6.07, 6.45) is 3.36. The lowest BCUT2D eigenvalue weighted by molar-refractivity contribution is -0.122. The Balaban J connectivity index is 1.79. The molecule has 2 amide bonds. The third-order valence-corrected chi connectivity index (χ3v) is 5.95. The Morgan fingerprint density at radius 3 is 2.60 bits per heavy atom. The van der Waals surface area contributed by atoms with Crippen molar-refractivity contribution >= 4 is 44.9 Å². The predicted molar refractivity (Wildman–Crippen MR) is 119 cm³/mol. The van der Waals surface area contributed by atoms with Gasteiger partial charge in [-0.15, -0.1) is 0 Å². The molecule has 0 radical (unpaired) electrons. The summed E-state index contributed by atoms with van der Waals surface area (Å²) in [5.74, 6) is 0.393. The van der Waals surface area contributed by atoms with E-state index in [0.717, 1.165) is 30.2 Å². The van der Waals surface area contributed by atoms with E-state index in [9.17, 15) is 14.0 Å². The summed E-state index contributed by atoms with van der Waals surface area (Å²) in [5, 5.41) is -0.245. The van der Waals surface area contributed by atoms with Gasteiger partial charge in [0.2, 0.25) is 0 Å². The van der Waals surface area contributed by atoms with Gasteiger partial charge in [-0.2, -0.15) is 0 Å². The van der Waals surface area contributed by atoms with Crippen LogP contribution < -0.4 is 9.47 Å². The van der Waals surface area contributed by atoms with Crippen LogP contribution in [-0.2, 0) is 11.4 Å². The largest absolute Gasteiger partial charge is 0.493 e. The summed E-state index contributed by atoms with van der Waals surface area (Å²) >= 11 is 4.42. The van der Waals surface area contributed by atoms with Gasteiger partial charge in [0.05, 0.1) is 16.5 Å². The summed E-state index contributed by atoms with van der Waals surface area (Å²) < 4.78 is 25.0. The maximum Gasteiger partial charge on any atom is 0.293 e. The number of carbonyl (C=O) groups is 2. The van der Waals surface area contributed by atoms with Crippen molar-refractivity contribution in [2.24, 2.45) is 0 Å². The zero-order valence-corrected chi connectivity index (χ0v) is 19.0. The Hall–Kier alpha value is -2.32. The standard InChI is InChI=1S/C22H21BrFNO4S/c1-3-4-9-25-21(26)19(30-22(25)27)12-15-10-17(23)20(18(11-15)28-2)29-13-14-5-7-16(24)8-6-14/h5-8,10-12H,3-4,9,13H2,1-2H3/b19-12-. The van der Waals surface area contributed by atoms with Crippen LogP contribution in [0.4, 0.5) is 9.18 Å². The van der Waals surface area contributed by atoms with Crippen molar-refractivity contribution in [3.05, 3.63) is 62.7 Å². The molecule has 1 heterocycles. The van der Waals surface area contributed by atoms with Crippen molar-refractivity contribution in [3.8, 4) is 11.5 Å². The van der Waals surface area contributed by atoms with E-state index in [2.05, 4.69) is 15.9 Å². The first-order valence-corrected chi connectivity index (χ1v) is 11.0. The number of thioether (sulfide) groups is 1. The number of ether oxygens (including phenoxy) is 2. The smallest absolute Gasteiger partial charge is 0.293 e. The minimum Gasteiger partial charge on any atom is -0.493 e. The molecule has 1 aliphatic heterocycles. The van der Waals surface area contributed by atoms with Gasteiger partial charge in [0, 0.05) is 6.54 Å². The molecule has 2 aromatic carbocycles. The lowest BCUT2D eigenvalue weighted by Gasteiger charge is -2.14. The van der Waals surface area contributed by atoms with Gasteiger partial charge in [-0.3, -0.25) is 14.5 Å². The highest BCUT2D eigenvalue weighted by Gasteiger charge is 2.34. The lowest BCUT2D eigenvalue weighted by Crippen LogP contribution is -2.29. The maximum absolute atomic E-state index is 13.1. The molecular weight excluding hydrogens is 473 g/mol. The zero-order chi connectivity index (χ0) is 21.7. The number of hydrogen-bond donors (Lipinski definition) is 0. The molecule has 0 saturated carbocycles. The van der Waals surface area contributed by atoms with Crippen LogP contribution in [0.3, 0.4) is 0 Å². The van der Waals surface area contributed by atoms with Crippen molar-refractivity contribution in [1.29, 1.82) is 0 Å². The molecule has 1 aliphatic rings. The minimum absolute atomic E-state index is 0.241. The number of nitrogens with zero attached hydrogens (tertiary/aromatic N) is 1. The Morgan fingerprint density at radius 2 is 1.93 bits per heavy atom. The molecule has 0 unspecified atom stereocenters. The van der Waals surface area contributed by atoms with Gasteiger partial charge >= 0.3 is 0 Å². The second-order valence-electron chi connectivity index (χ2n) is 6.64. The number of benzene rings is 2. The Morgan fingerprint density at radius 1 is 1.20 bits per heavy atom. The first-order chi connectivity index (χ1) is 14.4. The van der Waals surface area contributed by atoms with E-state index in [1.54, 1.807) is 30.3 Å². The zero-order valence-electron chi connectivity index (χ0n) is 16.6. The second-order valence-corrected chi connectivity index (χ2v) is 8.48. The lowest BCUT2D eigenvalue weighted by atomic mass is 10.1. The fraction of sp³-hybridized carbons (Fsp3) is 0.273. The van der Waals surface area contributed by atoms with Crippen LogP contribution in [0.5, 0.6) is 11.5 Å². The Bertz CT molecular complexity index is 978. The highest BCUT2D eigenvalue weighted by Crippen LogP contribution is 2.39. The number of rotatable bonds is 8. The molecule has 0 aromatic heterocycles. The van der Waals surface area contributed by atoms with Crippen molar-refractivity contribution in [2.75, 3.05) is 13.7 Å². The maximum atomic E-state index is 13.1. The van der Waals surface area contributed by atoms with E-state index in [0.29, 0.717) is 33.0 Å². The third kappa shape index (κ3) is 5.23. The molecule has 30 heavy (non-hydrogen) atoms. The van der Waals surface area contributed by atoms with E-state index in [1.807, 2.05) is 6.92 Å². The third-order valence-electron chi connectivity index (χ3n) is 4.45. The summed E-state index contributed by atoms with van der Waals surface area (Å²) in [6, 6.07) is 9.59. The quantitative estimate of drug-likeness (QED) is 0.421. The molecule has 0 aliphatic carbocycles. The molecule has 1 saturated heterocycles. The average molecular weight is 494 g/mol. The van der Waals surface area contributed by atoms with Gasteiger partial charge in [-0.1, -0.05) is 25.5 Å². The first-order valence-electron chi connectivity index (χ1n) is 9.43. The van der Waals surface area contributed by atoms with E-state index < -0.39 is 0 Å². The minimum atomic E-state index is -0.305. The van der Waals surface area contributed by atoms with Crippen LogP contribution in [0.15, 0.2) is 45.8 Å². The molecule has 0 spiro atoms. The number of carbonyl (C=O) groups excluding carboxylic acids is 2. The number of methoxy groups -OCH3 is 1. The van der Waals surface area contributed by atoms with E-state index in [4.69, 9.17) is 9.47 Å². The first kappa shape index (κ1) is 22.4. The number of halogens is 2. The molecular formula is C22H21BrFNO4S. The molecule has 158 valence electrons. The van der Waals surface area contributed by atoms with Gasteiger partial charge in [0.15, 0.2) is 11.5 Å². The fourth-order valence-corrected chi connectivity index (χ4v) is 4.30. The van der Waals surface area contributed by atoms with Crippen molar-refractivity contribution in [3.63, 3.8) is 0 Å². The number of amides is 2. The molecule has 0 atom stereocenters. The fourth-order valence-electron chi connectivity index (χ4n) is 2.86. The van der Waals surface area contributed by atoms with E-state index in [1.165, 1.54) is 24.1 Å². The molecule has 8 heteroatoms. The molecule has 1 fully saturated rings. The van der Waals surface area contributed by atoms with E-state index in [-0.39, 0.29) is 23.6 Å². The van der Waals surface area contributed by atoms with Gasteiger partial charge in [0.25, 0.3) is 11.1 Å². The average Bonchev–Trinajstić information content (AvgIpc) is 2.99. The predicted octanol–water partition coefficient (Wildman–Crippen LogP) is 6.01. The topological polar surface area (TPSA) is 55.8 Å². The van der Waals surface area contributed by atoms with E-state index >= 15 is 0 Å². The molecule has 0 N–H and O–H groups in total. The number of unbranched alkanes of at least 4 members (excludes halogenated alkanes) is 1. The summed E-state index contributed by atoms with van der Waals surface area (Å²) in [4.78, 5) is 26.3. The van der Waals surface area contributed by atoms with Gasteiger partial charge in [0.1, 0.15) is 12.4 Å². The highest BCUT2D eigenvalue weighted by molar-refractivity contribution is 9.10. The monoisotopic (exact) mass is 493 g/mol. The summed E-state index contributed by atoms with van der Waals surface area (Å²) in [5.41, 5.74) is 1.52. The Kier molecular flexibility index (Phi) is 7.55. The normalized spacial score (nSPS) is 15.2. The SMILES string of the molecule is CCCCN1C(=O)S/C(=C\c2cc(Br)c(OCc3ccc(F)cc3)c(OC)c2)C1=O. The van der Waals surface area contributed by atoms with Gasteiger partial charge < -0.3 is 9.47 Å². The number of imide groups is 1. The number of hydrogen-bond acceptors (Lipinski definition) is 5. The van der Waals surface area contributed by atoms with Crippen LogP contribution in [0, 0.1) is 5.82 Å². The highest BCUT2D eigenvalue weighted by atomic mass is 79.9. The summed E-state index contributed by atoms with van der Waals surface area (Å²) in [6.45, 7) is 2.69. The van der Waals surface area contributed by atoms with Crippen LogP contribution in [0.1, 0.15) is 30.9 Å². The van der Waals surface area contributed by atoms with Crippen LogP contribution >= 0.6 is 27.7 Å². The van der Waals surface area contributed by atoms with Crippen LogP contribution in [-0.4, -0.2) is 29.7 Å².